The smallest absolute Gasteiger partial charge is 0.264 e. The van der Waals surface area contributed by atoms with Crippen LogP contribution in [-0.2, 0) is 10.0 Å². The third-order valence-electron chi connectivity index (χ3n) is 4.56. The van der Waals surface area contributed by atoms with Crippen molar-refractivity contribution in [2.24, 2.45) is 0 Å². The molecule has 0 unspecified atom stereocenters. The second kappa shape index (κ2) is 8.27. The van der Waals surface area contributed by atoms with E-state index >= 15 is 0 Å². The molecule has 0 fully saturated rings. The van der Waals surface area contributed by atoms with E-state index in [4.69, 9.17) is 11.6 Å². The number of amides is 1. The van der Waals surface area contributed by atoms with Crippen LogP contribution in [0.1, 0.15) is 21.5 Å². The summed E-state index contributed by atoms with van der Waals surface area (Å²) in [6, 6.07) is 18.3. The largest absolute Gasteiger partial charge is 0.322 e. The van der Waals surface area contributed by atoms with Gasteiger partial charge in [-0.1, -0.05) is 29.8 Å². The highest BCUT2D eigenvalue weighted by Gasteiger charge is 2.22. The summed E-state index contributed by atoms with van der Waals surface area (Å²) in [4.78, 5) is 12.7. The van der Waals surface area contributed by atoms with Crippen LogP contribution in [0.25, 0.3) is 0 Å². The minimum atomic E-state index is -3.82. The fourth-order valence-electron chi connectivity index (χ4n) is 2.88. The van der Waals surface area contributed by atoms with Crippen LogP contribution >= 0.6 is 11.6 Å². The van der Waals surface area contributed by atoms with E-state index < -0.39 is 15.9 Å². The van der Waals surface area contributed by atoms with Crippen LogP contribution in [0.3, 0.4) is 0 Å². The first kappa shape index (κ1) is 20.9. The number of carbonyl (C=O) groups excluding carboxylic acids is 1. The number of carbonyl (C=O) groups is 1. The molecule has 0 aliphatic carbocycles. The van der Waals surface area contributed by atoms with Crippen molar-refractivity contribution in [3.8, 4) is 0 Å². The summed E-state index contributed by atoms with van der Waals surface area (Å²) in [6.07, 6.45) is 0. The van der Waals surface area contributed by atoms with Crippen molar-refractivity contribution < 1.29 is 13.2 Å². The maximum Gasteiger partial charge on any atom is 0.264 e. The Morgan fingerprint density at radius 1 is 0.966 bits per heavy atom. The molecule has 1 N–H and O–H groups in total. The zero-order chi connectivity index (χ0) is 21.2. The topological polar surface area (TPSA) is 66.5 Å². The van der Waals surface area contributed by atoms with Crippen molar-refractivity contribution in [2.75, 3.05) is 16.7 Å². The van der Waals surface area contributed by atoms with Crippen LogP contribution in [0.5, 0.6) is 0 Å². The molecule has 3 rings (SSSR count). The Kier molecular flexibility index (Phi) is 5.96. The van der Waals surface area contributed by atoms with Crippen molar-refractivity contribution in [3.05, 3.63) is 88.4 Å². The number of anilines is 2. The quantitative estimate of drug-likeness (QED) is 0.619. The van der Waals surface area contributed by atoms with Crippen LogP contribution in [-0.4, -0.2) is 21.4 Å². The second-order valence-electron chi connectivity index (χ2n) is 6.75. The lowest BCUT2D eigenvalue weighted by molar-refractivity contribution is 0.102. The summed E-state index contributed by atoms with van der Waals surface area (Å²) >= 11 is 5.95. The fourth-order valence-corrected chi connectivity index (χ4v) is 4.34. The van der Waals surface area contributed by atoms with E-state index in [0.717, 1.165) is 11.1 Å². The molecule has 7 heteroatoms. The highest BCUT2D eigenvalue weighted by atomic mass is 35.5. The molecule has 3 aromatic rings. The Balaban J connectivity index is 1.89. The number of hydrogen-bond donors (Lipinski definition) is 1. The number of halogens is 1. The average Bonchev–Trinajstić information content (AvgIpc) is 2.69. The van der Waals surface area contributed by atoms with Gasteiger partial charge in [-0.2, -0.15) is 0 Å². The number of nitrogens with zero attached hydrogens (tertiary/aromatic N) is 1. The molecule has 29 heavy (non-hydrogen) atoms. The van der Waals surface area contributed by atoms with Gasteiger partial charge in [-0.05, 0) is 73.5 Å². The summed E-state index contributed by atoms with van der Waals surface area (Å²) in [5.74, 6) is -0.398. The summed E-state index contributed by atoms with van der Waals surface area (Å²) in [6.45, 7) is 3.73. The average molecular weight is 429 g/mol. The number of hydrogen-bond acceptors (Lipinski definition) is 3. The molecular formula is C22H21ClN2O3S. The lowest BCUT2D eigenvalue weighted by Crippen LogP contribution is -2.27. The molecule has 1 amide bonds. The highest BCUT2D eigenvalue weighted by molar-refractivity contribution is 7.92. The number of sulfonamides is 1. The molecule has 0 atom stereocenters. The van der Waals surface area contributed by atoms with Crippen molar-refractivity contribution in [3.63, 3.8) is 0 Å². The van der Waals surface area contributed by atoms with Gasteiger partial charge in [0.15, 0.2) is 0 Å². The van der Waals surface area contributed by atoms with Gasteiger partial charge < -0.3 is 5.32 Å². The van der Waals surface area contributed by atoms with Crippen LogP contribution in [0.15, 0.2) is 71.6 Å². The molecule has 0 heterocycles. The zero-order valence-electron chi connectivity index (χ0n) is 16.3. The summed E-state index contributed by atoms with van der Waals surface area (Å²) in [5.41, 5.74) is 3.18. The summed E-state index contributed by atoms with van der Waals surface area (Å²) in [5, 5.41) is 3.37. The van der Waals surface area contributed by atoms with Crippen LogP contribution < -0.4 is 9.62 Å². The minimum Gasteiger partial charge on any atom is -0.322 e. The maximum atomic E-state index is 13.0. The van der Waals surface area contributed by atoms with Crippen LogP contribution in [0, 0.1) is 13.8 Å². The Labute approximate surface area is 176 Å². The molecule has 0 saturated carbocycles. The number of aryl methyl sites for hydroxylation is 2. The van der Waals surface area contributed by atoms with Crippen LogP contribution in [0.4, 0.5) is 11.4 Å². The van der Waals surface area contributed by atoms with Gasteiger partial charge in [0, 0.05) is 23.3 Å². The Morgan fingerprint density at radius 2 is 1.69 bits per heavy atom. The monoisotopic (exact) mass is 428 g/mol. The van der Waals surface area contributed by atoms with Gasteiger partial charge in [0.1, 0.15) is 0 Å². The first-order chi connectivity index (χ1) is 13.7. The van der Waals surface area contributed by atoms with E-state index in [1.54, 1.807) is 48.5 Å². The van der Waals surface area contributed by atoms with E-state index in [-0.39, 0.29) is 10.5 Å². The summed E-state index contributed by atoms with van der Waals surface area (Å²) in [7, 11) is -2.32. The number of rotatable bonds is 5. The molecule has 3 aromatic carbocycles. The van der Waals surface area contributed by atoms with Gasteiger partial charge in [-0.25, -0.2) is 8.42 Å². The molecule has 0 bridgehead atoms. The maximum absolute atomic E-state index is 13.0. The molecule has 0 saturated heterocycles. The Morgan fingerprint density at radius 3 is 2.38 bits per heavy atom. The molecule has 5 nitrogen and oxygen atoms in total. The molecule has 0 spiro atoms. The third-order valence-corrected chi connectivity index (χ3v) is 6.57. The third kappa shape index (κ3) is 4.60. The summed E-state index contributed by atoms with van der Waals surface area (Å²) < 4.78 is 27.3. The number of benzene rings is 3. The fraction of sp³-hybridized carbons (Fsp3) is 0.136. The Bertz CT molecular complexity index is 1180. The predicted molar refractivity (Wildman–Crippen MR) is 117 cm³/mol. The lowest BCUT2D eigenvalue weighted by atomic mass is 10.1. The minimum absolute atomic E-state index is 0.0435. The van der Waals surface area contributed by atoms with Gasteiger partial charge in [0.05, 0.1) is 10.6 Å². The zero-order valence-corrected chi connectivity index (χ0v) is 17.9. The molecular weight excluding hydrogens is 408 g/mol. The first-order valence-electron chi connectivity index (χ1n) is 8.91. The Hall–Kier alpha value is -2.83. The van der Waals surface area contributed by atoms with E-state index in [9.17, 15) is 13.2 Å². The number of nitrogens with one attached hydrogen (secondary N) is 1. The van der Waals surface area contributed by atoms with Crippen molar-refractivity contribution in [1.29, 1.82) is 0 Å². The highest BCUT2D eigenvalue weighted by Crippen LogP contribution is 2.24. The van der Waals surface area contributed by atoms with Gasteiger partial charge in [-0.15, -0.1) is 0 Å². The SMILES string of the molecule is Cc1cccc(N(C)S(=O)(=O)c2cccc(C(=O)Nc3ccc(Cl)cc3C)c2)c1. The van der Waals surface area contributed by atoms with Crippen molar-refractivity contribution in [2.45, 2.75) is 18.7 Å². The van der Waals surface area contributed by atoms with E-state index in [0.29, 0.717) is 16.4 Å². The van der Waals surface area contributed by atoms with Gasteiger partial charge >= 0.3 is 0 Å². The van der Waals surface area contributed by atoms with Gasteiger partial charge in [-0.3, -0.25) is 9.10 Å². The molecule has 0 radical (unpaired) electrons. The first-order valence-corrected chi connectivity index (χ1v) is 10.7. The molecule has 0 aliphatic rings. The lowest BCUT2D eigenvalue weighted by Gasteiger charge is -2.20. The van der Waals surface area contributed by atoms with Gasteiger partial charge in [0.25, 0.3) is 15.9 Å². The molecule has 150 valence electrons. The van der Waals surface area contributed by atoms with Crippen molar-refractivity contribution >= 4 is 38.9 Å². The van der Waals surface area contributed by atoms with Gasteiger partial charge in [0.2, 0.25) is 0 Å². The van der Waals surface area contributed by atoms with E-state index in [1.165, 1.54) is 23.5 Å². The molecule has 0 aliphatic heterocycles. The normalized spacial score (nSPS) is 11.2. The van der Waals surface area contributed by atoms with Crippen LogP contribution in [0.2, 0.25) is 5.02 Å². The standard InChI is InChI=1S/C22H21ClN2O3S/c1-15-6-4-8-19(12-15)25(3)29(27,28)20-9-5-7-17(14-20)22(26)24-21-11-10-18(23)13-16(21)2/h4-14H,1-3H3,(H,24,26). The van der Waals surface area contributed by atoms with E-state index in [2.05, 4.69) is 5.32 Å². The molecule has 0 aromatic heterocycles. The predicted octanol–water partition coefficient (Wildman–Crippen LogP) is 5.03. The second-order valence-corrected chi connectivity index (χ2v) is 9.16. The van der Waals surface area contributed by atoms with Crippen molar-refractivity contribution in [1.82, 2.24) is 0 Å². The van der Waals surface area contributed by atoms with E-state index in [1.807, 2.05) is 19.9 Å².